The number of guanidine groups is 2. The minimum Gasteiger partial charge on any atom is -0.462 e. The summed E-state index contributed by atoms with van der Waals surface area (Å²) in [7, 11) is 0. The molecular weight excluding hydrogens is 557 g/mol. The zero-order valence-corrected chi connectivity index (χ0v) is 21.8. The molecule has 0 aliphatic carbocycles. The van der Waals surface area contributed by atoms with Crippen LogP contribution in [0.15, 0.2) is 11.0 Å². The average molecular weight is 590 g/mol. The maximum absolute atomic E-state index is 14.6. The molecule has 228 valence electrons. The van der Waals surface area contributed by atoms with Crippen molar-refractivity contribution in [1.29, 1.82) is 10.8 Å². The zero-order valence-electron chi connectivity index (χ0n) is 21.8. The smallest absolute Gasteiger partial charge is 0.413 e. The highest BCUT2D eigenvalue weighted by Crippen LogP contribution is 2.28. The molecule has 2 heterocycles. The molecule has 19 nitrogen and oxygen atoms in total. The van der Waals surface area contributed by atoms with Crippen molar-refractivity contribution < 1.29 is 47.9 Å². The van der Waals surface area contributed by atoms with E-state index >= 15 is 0 Å². The second-order valence-corrected chi connectivity index (χ2v) is 8.54. The van der Waals surface area contributed by atoms with E-state index in [1.165, 1.54) is 6.92 Å². The molecule has 0 aromatic carbocycles. The Morgan fingerprint density at radius 2 is 1.68 bits per heavy atom. The number of carbonyl (C=O) groups excluding carboxylic acids is 3. The third-order valence-electron chi connectivity index (χ3n) is 5.30. The van der Waals surface area contributed by atoms with Gasteiger partial charge >= 0.3 is 23.7 Å². The Morgan fingerprint density at radius 3 is 2.24 bits per heavy atom. The molecule has 1 aromatic rings. The van der Waals surface area contributed by atoms with Crippen LogP contribution in [0.3, 0.4) is 0 Å². The number of nitrogens with two attached hydrogens (primary N) is 2. The predicted molar refractivity (Wildman–Crippen MR) is 135 cm³/mol. The SMILES string of the molecule is C[C@H]1O[C@@H](n2cc(F)c(NC(=O)OCC(COC(=O)CCNC(=N)N)OC(=O)CCNC(=N)N)nc2=O)[C@H](O)[C@@H]1O. The van der Waals surface area contributed by atoms with E-state index in [0.717, 1.165) is 0 Å². The van der Waals surface area contributed by atoms with Crippen LogP contribution in [0, 0.1) is 16.6 Å². The van der Waals surface area contributed by atoms with Gasteiger partial charge in [-0.25, -0.2) is 14.0 Å². The van der Waals surface area contributed by atoms with E-state index < -0.39 is 79.2 Å². The van der Waals surface area contributed by atoms with Crippen molar-refractivity contribution in [3.05, 3.63) is 22.5 Å². The van der Waals surface area contributed by atoms with E-state index in [4.69, 9.17) is 41.2 Å². The third kappa shape index (κ3) is 10.5. The first kappa shape index (κ1) is 32.7. The van der Waals surface area contributed by atoms with Gasteiger partial charge < -0.3 is 51.3 Å². The van der Waals surface area contributed by atoms with Gasteiger partial charge in [-0.15, -0.1) is 0 Å². The summed E-state index contributed by atoms with van der Waals surface area (Å²) in [5, 5.41) is 40.7. The number of ether oxygens (including phenoxy) is 4. The first-order valence-electron chi connectivity index (χ1n) is 12.0. The van der Waals surface area contributed by atoms with E-state index in [9.17, 15) is 33.8 Å². The number of nitrogens with one attached hydrogen (secondary N) is 5. The molecule has 1 unspecified atom stereocenters. The lowest BCUT2D eigenvalue weighted by atomic mass is 10.1. The molecule has 1 saturated heterocycles. The molecule has 0 spiro atoms. The summed E-state index contributed by atoms with van der Waals surface area (Å²) in [4.78, 5) is 52.0. The normalized spacial score (nSPS) is 20.4. The standard InChI is InChI=1S/C21H32FN9O10/c1-9-14(34)15(35)17(40-9)31-6-11(22)16(29-20(31)36)30-21(37)39-8-10(41-13(33)3-5-28-19(25)26)7-38-12(32)2-4-27-18(23)24/h6,9-10,14-15,17,34-35H,2-5,7-8H2,1H3,(H4,23,24,27)(H4,25,26,28)(H,29,30,36,37)/t9-,10?,14-,15-,17-/m1/s1. The van der Waals surface area contributed by atoms with Crippen molar-refractivity contribution in [2.45, 2.75) is 50.4 Å². The number of carbonyl (C=O) groups is 3. The fraction of sp³-hybridized carbons (Fsp3) is 0.571. The number of aliphatic hydroxyl groups excluding tert-OH is 2. The molecule has 20 heteroatoms. The van der Waals surface area contributed by atoms with Gasteiger partial charge in [-0.05, 0) is 6.92 Å². The molecule has 1 fully saturated rings. The van der Waals surface area contributed by atoms with Crippen molar-refractivity contribution in [2.24, 2.45) is 11.5 Å². The highest BCUT2D eigenvalue weighted by molar-refractivity contribution is 5.83. The molecular formula is C21H32FN9O10. The summed E-state index contributed by atoms with van der Waals surface area (Å²) < 4.78 is 35.5. The number of rotatable bonds is 13. The average Bonchev–Trinajstić information content (AvgIpc) is 3.14. The largest absolute Gasteiger partial charge is 0.462 e. The fourth-order valence-electron chi connectivity index (χ4n) is 3.29. The maximum atomic E-state index is 14.6. The van der Waals surface area contributed by atoms with Gasteiger partial charge in [-0.1, -0.05) is 0 Å². The Bertz CT molecular complexity index is 1180. The first-order valence-corrected chi connectivity index (χ1v) is 12.0. The molecule has 2 rings (SSSR count). The Kier molecular flexibility index (Phi) is 12.2. The Morgan fingerprint density at radius 1 is 1.10 bits per heavy atom. The minimum atomic E-state index is -1.54. The lowest BCUT2D eigenvalue weighted by Crippen LogP contribution is -2.36. The topological polar surface area (TPSA) is 299 Å². The zero-order chi connectivity index (χ0) is 30.7. The second kappa shape index (κ2) is 15.3. The van der Waals surface area contributed by atoms with Crippen molar-refractivity contribution in [3.8, 4) is 0 Å². The first-order chi connectivity index (χ1) is 19.3. The van der Waals surface area contributed by atoms with Crippen LogP contribution in [0.1, 0.15) is 26.0 Å². The Balaban J connectivity index is 1.99. The van der Waals surface area contributed by atoms with Crippen molar-refractivity contribution in [1.82, 2.24) is 20.2 Å². The molecule has 0 saturated carbocycles. The van der Waals surface area contributed by atoms with Gasteiger partial charge in [0, 0.05) is 13.1 Å². The van der Waals surface area contributed by atoms with Gasteiger partial charge in [-0.2, -0.15) is 4.98 Å². The molecule has 1 amide bonds. The Hall–Kier alpha value is -4.56. The number of nitrogens with zero attached hydrogens (tertiary/aromatic N) is 2. The van der Waals surface area contributed by atoms with E-state index in [1.807, 2.05) is 5.32 Å². The highest BCUT2D eigenvalue weighted by Gasteiger charge is 2.42. The summed E-state index contributed by atoms with van der Waals surface area (Å²) in [6.07, 6.45) is -7.58. The number of anilines is 1. The number of amides is 1. The number of halogens is 1. The van der Waals surface area contributed by atoms with Crippen molar-refractivity contribution in [2.75, 3.05) is 31.6 Å². The monoisotopic (exact) mass is 589 g/mol. The molecule has 1 aromatic heterocycles. The summed E-state index contributed by atoms with van der Waals surface area (Å²) in [6, 6.07) is 0. The van der Waals surface area contributed by atoms with Crippen molar-refractivity contribution in [3.63, 3.8) is 0 Å². The van der Waals surface area contributed by atoms with E-state index in [1.54, 1.807) is 0 Å². The van der Waals surface area contributed by atoms with Crippen LogP contribution in [0.25, 0.3) is 0 Å². The van der Waals surface area contributed by atoms with Gasteiger partial charge in [-0.3, -0.25) is 30.3 Å². The summed E-state index contributed by atoms with van der Waals surface area (Å²) in [5.41, 5.74) is 9.13. The van der Waals surface area contributed by atoms with Crippen LogP contribution < -0.4 is 33.1 Å². The van der Waals surface area contributed by atoms with Gasteiger partial charge in [0.1, 0.15) is 25.4 Å². The molecule has 5 atom stereocenters. The van der Waals surface area contributed by atoms with Gasteiger partial charge in [0.2, 0.25) is 0 Å². The lowest BCUT2D eigenvalue weighted by molar-refractivity contribution is -0.161. The third-order valence-corrected chi connectivity index (χ3v) is 5.30. The van der Waals surface area contributed by atoms with Crippen LogP contribution in [-0.4, -0.2) is 100 Å². The highest BCUT2D eigenvalue weighted by atomic mass is 19.1. The second-order valence-electron chi connectivity index (χ2n) is 8.54. The quantitative estimate of drug-likeness (QED) is 0.0473. The number of aliphatic hydroxyl groups is 2. The predicted octanol–water partition coefficient (Wildman–Crippen LogP) is -3.23. The molecule has 41 heavy (non-hydrogen) atoms. The van der Waals surface area contributed by atoms with E-state index in [0.29, 0.717) is 10.8 Å². The van der Waals surface area contributed by atoms with E-state index in [-0.39, 0.29) is 37.9 Å². The summed E-state index contributed by atoms with van der Waals surface area (Å²) in [5.74, 6) is -4.35. The molecule has 1 aliphatic rings. The minimum absolute atomic E-state index is 0.00295. The van der Waals surface area contributed by atoms with Crippen LogP contribution in [-0.2, 0) is 28.5 Å². The van der Waals surface area contributed by atoms with Crippen LogP contribution >= 0.6 is 0 Å². The number of aromatic nitrogens is 2. The maximum Gasteiger partial charge on any atom is 0.413 e. The van der Waals surface area contributed by atoms with Crippen LogP contribution in [0.2, 0.25) is 0 Å². The summed E-state index contributed by atoms with van der Waals surface area (Å²) in [6.45, 7) is 0.171. The van der Waals surface area contributed by atoms with Crippen molar-refractivity contribution >= 4 is 35.8 Å². The Labute approximate surface area is 231 Å². The lowest BCUT2D eigenvalue weighted by Gasteiger charge is -2.19. The number of esters is 2. The van der Waals surface area contributed by atoms with Gasteiger partial charge in [0.25, 0.3) is 0 Å². The van der Waals surface area contributed by atoms with E-state index in [2.05, 4.69) is 15.6 Å². The van der Waals surface area contributed by atoms with Gasteiger partial charge in [0.05, 0.1) is 25.1 Å². The number of hydrogen-bond acceptors (Lipinski definition) is 13. The van der Waals surface area contributed by atoms with Gasteiger partial charge in [0.15, 0.2) is 35.9 Å². The van der Waals surface area contributed by atoms with Crippen LogP contribution in [0.5, 0.6) is 0 Å². The summed E-state index contributed by atoms with van der Waals surface area (Å²) >= 11 is 0. The number of hydrogen-bond donors (Lipinski definition) is 9. The molecule has 1 aliphatic heterocycles. The van der Waals surface area contributed by atoms with Crippen LogP contribution in [0.4, 0.5) is 15.0 Å². The molecule has 11 N–H and O–H groups in total. The molecule has 0 radical (unpaired) electrons. The fourth-order valence-corrected chi connectivity index (χ4v) is 3.29. The molecule has 0 bridgehead atoms.